The average Bonchev–Trinajstić information content (AvgIpc) is 2.75. The van der Waals surface area contributed by atoms with Crippen molar-refractivity contribution in [1.29, 1.82) is 0 Å². The van der Waals surface area contributed by atoms with E-state index in [0.717, 1.165) is 0 Å². The van der Waals surface area contributed by atoms with Gasteiger partial charge in [0.25, 0.3) is 11.5 Å². The van der Waals surface area contributed by atoms with Crippen LogP contribution in [0, 0.1) is 5.82 Å². The molecule has 1 aromatic heterocycles. The number of nitrogens with one attached hydrogen (secondary N) is 2. The normalized spacial score (nSPS) is 11.7. The van der Waals surface area contributed by atoms with Crippen LogP contribution in [0.25, 0.3) is 10.9 Å². The molecule has 1 heterocycles. The van der Waals surface area contributed by atoms with Crippen LogP contribution in [-0.4, -0.2) is 27.5 Å². The Hall–Kier alpha value is -3.75. The lowest BCUT2D eigenvalue weighted by Crippen LogP contribution is -2.47. The number of fused-ring (bicyclic) bond motifs is 1. The fourth-order valence-electron chi connectivity index (χ4n) is 2.78. The molecule has 2 aromatic carbocycles. The lowest BCUT2D eigenvalue weighted by molar-refractivity contribution is -0.132. The molecule has 3 rings (SSSR count). The van der Waals surface area contributed by atoms with Gasteiger partial charge in [0.2, 0.25) is 5.91 Å². The summed E-state index contributed by atoms with van der Waals surface area (Å²) in [6.07, 6.45) is -0.662. The third-order valence-corrected chi connectivity index (χ3v) is 4.47. The lowest BCUT2D eigenvalue weighted by Gasteiger charge is -2.15. The number of carbonyl (C=O) groups is 2. The second kappa shape index (κ2) is 9.17. The van der Waals surface area contributed by atoms with Crippen molar-refractivity contribution >= 4 is 22.7 Å². The van der Waals surface area contributed by atoms with E-state index in [1.54, 1.807) is 31.3 Å². The number of halogens is 1. The molecule has 9 heteroatoms. The monoisotopic (exact) mass is 412 g/mol. The van der Waals surface area contributed by atoms with Crippen LogP contribution in [0.4, 0.5) is 4.39 Å². The van der Waals surface area contributed by atoms with Crippen molar-refractivity contribution in [3.8, 4) is 5.75 Å². The Morgan fingerprint density at radius 1 is 1.13 bits per heavy atom. The van der Waals surface area contributed by atoms with Crippen molar-refractivity contribution in [3.63, 3.8) is 0 Å². The molecular weight excluding hydrogens is 391 g/mol. The van der Waals surface area contributed by atoms with E-state index in [9.17, 15) is 18.8 Å². The lowest BCUT2D eigenvalue weighted by atomic mass is 10.2. The van der Waals surface area contributed by atoms with Gasteiger partial charge in [0.05, 0.1) is 10.9 Å². The van der Waals surface area contributed by atoms with Crippen molar-refractivity contribution < 1.29 is 18.7 Å². The summed E-state index contributed by atoms with van der Waals surface area (Å²) in [6.45, 7) is 1.50. The molecular formula is C21H21FN4O4. The molecule has 0 aliphatic carbocycles. The van der Waals surface area contributed by atoms with Crippen LogP contribution in [0.15, 0.2) is 53.3 Å². The molecule has 0 spiro atoms. The quantitative estimate of drug-likeness (QED) is 0.599. The van der Waals surface area contributed by atoms with Crippen LogP contribution >= 0.6 is 0 Å². The first-order chi connectivity index (χ1) is 14.3. The van der Waals surface area contributed by atoms with E-state index in [2.05, 4.69) is 15.8 Å². The minimum absolute atomic E-state index is 0.0199. The van der Waals surface area contributed by atoms with Gasteiger partial charge in [0.1, 0.15) is 17.4 Å². The molecule has 0 aliphatic heterocycles. The maximum Gasteiger partial charge on any atom is 0.279 e. The third kappa shape index (κ3) is 4.99. The van der Waals surface area contributed by atoms with Gasteiger partial charge < -0.3 is 4.74 Å². The Morgan fingerprint density at radius 2 is 1.83 bits per heavy atom. The van der Waals surface area contributed by atoms with Crippen LogP contribution in [0.2, 0.25) is 0 Å². The highest BCUT2D eigenvalue weighted by atomic mass is 19.1. The summed E-state index contributed by atoms with van der Waals surface area (Å²) in [4.78, 5) is 40.9. The Morgan fingerprint density at radius 3 is 2.57 bits per heavy atom. The zero-order chi connectivity index (χ0) is 21.7. The summed E-state index contributed by atoms with van der Waals surface area (Å²) in [7, 11) is 1.60. The summed E-state index contributed by atoms with van der Waals surface area (Å²) in [5.41, 5.74) is 4.97. The topological polar surface area (TPSA) is 102 Å². The molecule has 0 unspecified atom stereocenters. The molecule has 8 nitrogen and oxygen atoms in total. The number of benzene rings is 2. The van der Waals surface area contributed by atoms with Gasteiger partial charge in [0, 0.05) is 19.9 Å². The minimum atomic E-state index is -0.904. The van der Waals surface area contributed by atoms with Crippen molar-refractivity contribution in [2.24, 2.45) is 7.05 Å². The third-order valence-electron chi connectivity index (χ3n) is 4.47. The Labute approximate surface area is 171 Å². The largest absolute Gasteiger partial charge is 0.481 e. The molecule has 0 aliphatic rings. The van der Waals surface area contributed by atoms with E-state index in [1.807, 2.05) is 0 Å². The van der Waals surface area contributed by atoms with Crippen molar-refractivity contribution in [1.82, 2.24) is 20.4 Å². The van der Waals surface area contributed by atoms with E-state index in [-0.39, 0.29) is 18.4 Å². The van der Waals surface area contributed by atoms with Gasteiger partial charge in [-0.15, -0.1) is 0 Å². The fourth-order valence-corrected chi connectivity index (χ4v) is 2.78. The Balaban J connectivity index is 1.52. The van der Waals surface area contributed by atoms with Crippen molar-refractivity contribution in [2.75, 3.05) is 0 Å². The number of para-hydroxylation sites is 1. The number of rotatable bonds is 6. The molecule has 30 heavy (non-hydrogen) atoms. The molecule has 156 valence electrons. The number of hydrogen-bond donors (Lipinski definition) is 2. The summed E-state index contributed by atoms with van der Waals surface area (Å²) in [5, 5.41) is 0.510. The maximum absolute atomic E-state index is 12.9. The fraction of sp³-hybridized carbons (Fsp3) is 0.238. The number of aromatic nitrogens is 2. The van der Waals surface area contributed by atoms with Crippen molar-refractivity contribution in [2.45, 2.75) is 25.9 Å². The molecule has 0 radical (unpaired) electrons. The van der Waals surface area contributed by atoms with Gasteiger partial charge in [-0.3, -0.25) is 29.8 Å². The number of carbonyl (C=O) groups excluding carboxylic acids is 2. The Bertz CT molecular complexity index is 1130. The molecule has 2 N–H and O–H groups in total. The number of nitrogens with zero attached hydrogens (tertiary/aromatic N) is 2. The molecule has 3 aromatic rings. The molecule has 1 atom stereocenters. The van der Waals surface area contributed by atoms with Crippen LogP contribution < -0.4 is 21.1 Å². The first kappa shape index (κ1) is 21.0. The smallest absolute Gasteiger partial charge is 0.279 e. The van der Waals surface area contributed by atoms with E-state index in [1.165, 1.54) is 35.8 Å². The number of hydrazine groups is 1. The minimum Gasteiger partial charge on any atom is -0.481 e. The number of ether oxygens (including phenoxy) is 1. The molecule has 0 bridgehead atoms. The van der Waals surface area contributed by atoms with Gasteiger partial charge in [-0.2, -0.15) is 0 Å². The summed E-state index contributed by atoms with van der Waals surface area (Å²) < 4.78 is 19.7. The van der Waals surface area contributed by atoms with Gasteiger partial charge >= 0.3 is 0 Å². The molecule has 0 saturated carbocycles. The first-order valence-corrected chi connectivity index (χ1v) is 9.30. The SMILES string of the molecule is C[C@@H](Oc1ccc(F)cc1)C(=O)NNC(=O)CCc1nc2ccccc2c(=O)n1C. The van der Waals surface area contributed by atoms with Crippen LogP contribution in [0.5, 0.6) is 5.75 Å². The predicted octanol–water partition coefficient (Wildman–Crippen LogP) is 1.62. The maximum atomic E-state index is 12.9. The summed E-state index contributed by atoms with van der Waals surface area (Å²) >= 11 is 0. The highest BCUT2D eigenvalue weighted by molar-refractivity contribution is 5.84. The second-order valence-electron chi connectivity index (χ2n) is 6.66. The van der Waals surface area contributed by atoms with E-state index < -0.39 is 23.7 Å². The highest BCUT2D eigenvalue weighted by Gasteiger charge is 2.16. The highest BCUT2D eigenvalue weighted by Crippen LogP contribution is 2.13. The van der Waals surface area contributed by atoms with Crippen LogP contribution in [0.1, 0.15) is 19.2 Å². The van der Waals surface area contributed by atoms with Crippen LogP contribution in [-0.2, 0) is 23.1 Å². The summed E-state index contributed by atoms with van der Waals surface area (Å²) in [5.74, 6) is -0.629. The molecule has 2 amide bonds. The standard InChI is InChI=1S/C21H21FN4O4/c1-13(30-15-9-7-14(22)8-10-15)20(28)25-24-19(27)12-11-18-23-17-6-4-3-5-16(17)21(29)26(18)2/h3-10,13H,11-12H2,1-2H3,(H,24,27)(H,25,28)/t13-/m1/s1. The van der Waals surface area contributed by atoms with Crippen molar-refractivity contribution in [3.05, 3.63) is 70.5 Å². The first-order valence-electron chi connectivity index (χ1n) is 9.30. The zero-order valence-corrected chi connectivity index (χ0v) is 16.5. The van der Waals surface area contributed by atoms with Gasteiger partial charge in [-0.1, -0.05) is 12.1 Å². The second-order valence-corrected chi connectivity index (χ2v) is 6.66. The number of hydrogen-bond acceptors (Lipinski definition) is 5. The van der Waals surface area contributed by atoms with E-state index >= 15 is 0 Å². The number of amides is 2. The van der Waals surface area contributed by atoms with E-state index in [4.69, 9.17) is 4.74 Å². The number of aryl methyl sites for hydroxylation is 1. The van der Waals surface area contributed by atoms with Gasteiger partial charge in [-0.25, -0.2) is 9.37 Å². The summed E-state index contributed by atoms with van der Waals surface area (Å²) in [6, 6.07) is 12.2. The molecule has 0 fully saturated rings. The zero-order valence-electron chi connectivity index (χ0n) is 16.5. The predicted molar refractivity (Wildman–Crippen MR) is 108 cm³/mol. The van der Waals surface area contributed by atoms with E-state index in [0.29, 0.717) is 22.5 Å². The van der Waals surface area contributed by atoms with Crippen LogP contribution in [0.3, 0.4) is 0 Å². The Kier molecular flexibility index (Phi) is 6.41. The van der Waals surface area contributed by atoms with Gasteiger partial charge in [-0.05, 0) is 43.3 Å². The van der Waals surface area contributed by atoms with Gasteiger partial charge in [0.15, 0.2) is 6.10 Å². The average molecular weight is 412 g/mol. The molecule has 0 saturated heterocycles.